The number of nitrogens with zero attached hydrogens (tertiary/aromatic N) is 4. The first kappa shape index (κ1) is 19.9. The predicted octanol–water partition coefficient (Wildman–Crippen LogP) is 2.49. The summed E-state index contributed by atoms with van der Waals surface area (Å²) in [6.45, 7) is 7.73. The van der Waals surface area contributed by atoms with Crippen LogP contribution in [0.25, 0.3) is 5.65 Å². The van der Waals surface area contributed by atoms with Crippen molar-refractivity contribution in [3.63, 3.8) is 0 Å². The molecule has 2 saturated heterocycles. The van der Waals surface area contributed by atoms with Gasteiger partial charge in [-0.3, -0.25) is 0 Å². The smallest absolute Gasteiger partial charge is 0.409 e. The molecule has 0 atom stereocenters. The number of hydrogen-bond acceptors (Lipinski definition) is 6. The summed E-state index contributed by atoms with van der Waals surface area (Å²) in [6.07, 6.45) is 3.03. The molecule has 0 bridgehead atoms. The summed E-state index contributed by atoms with van der Waals surface area (Å²) in [4.78, 5) is 18.5. The number of hydrogen-bond donors (Lipinski definition) is 2. The van der Waals surface area contributed by atoms with Gasteiger partial charge in [0.1, 0.15) is 12.4 Å². The van der Waals surface area contributed by atoms with Gasteiger partial charge in [-0.25, -0.2) is 14.2 Å². The Kier molecular flexibility index (Phi) is 5.33. The summed E-state index contributed by atoms with van der Waals surface area (Å²) in [6, 6.07) is 2.22. The van der Waals surface area contributed by atoms with Crippen molar-refractivity contribution in [2.75, 3.05) is 38.1 Å². The minimum atomic E-state index is -1.40. The molecular formula is C20H29FN6O2. The SMILES string of the molecule is Cc1cc(NC2CCN(C(=O)OCC3(F)CNC3)CC2)n2ncc(C(C)C)c2n1. The summed E-state index contributed by atoms with van der Waals surface area (Å²) < 4.78 is 21.0. The third-order valence-electron chi connectivity index (χ3n) is 5.69. The summed E-state index contributed by atoms with van der Waals surface area (Å²) in [5, 5.41) is 10.9. The van der Waals surface area contributed by atoms with Gasteiger partial charge in [0, 0.05) is 49.5 Å². The molecule has 9 heteroatoms. The zero-order chi connectivity index (χ0) is 20.6. The molecule has 2 aliphatic rings. The van der Waals surface area contributed by atoms with E-state index in [0.29, 0.717) is 19.0 Å². The molecule has 1 amide bonds. The average Bonchev–Trinajstić information content (AvgIpc) is 3.09. The molecule has 0 aromatic carbocycles. The van der Waals surface area contributed by atoms with Gasteiger partial charge in [-0.15, -0.1) is 0 Å². The molecule has 0 unspecified atom stereocenters. The van der Waals surface area contributed by atoms with Crippen LogP contribution < -0.4 is 10.6 Å². The Morgan fingerprint density at radius 2 is 2.14 bits per heavy atom. The Hall–Kier alpha value is -2.42. The number of piperidine rings is 1. The first-order valence-corrected chi connectivity index (χ1v) is 10.3. The second-order valence-corrected chi connectivity index (χ2v) is 8.49. The van der Waals surface area contributed by atoms with Crippen molar-refractivity contribution >= 4 is 17.6 Å². The van der Waals surface area contributed by atoms with Gasteiger partial charge in [0.25, 0.3) is 0 Å². The number of amides is 1. The Labute approximate surface area is 169 Å². The molecule has 0 aliphatic carbocycles. The van der Waals surface area contributed by atoms with Crippen molar-refractivity contribution < 1.29 is 13.9 Å². The van der Waals surface area contributed by atoms with Gasteiger partial charge in [0.2, 0.25) is 0 Å². The highest BCUT2D eigenvalue weighted by Crippen LogP contribution is 2.24. The fourth-order valence-electron chi connectivity index (χ4n) is 3.81. The number of carbonyl (C=O) groups excluding carboxylic acids is 1. The molecule has 29 heavy (non-hydrogen) atoms. The molecule has 2 aliphatic heterocycles. The zero-order valence-corrected chi connectivity index (χ0v) is 17.2. The van der Waals surface area contributed by atoms with Crippen molar-refractivity contribution in [1.82, 2.24) is 24.8 Å². The van der Waals surface area contributed by atoms with Gasteiger partial charge in [-0.05, 0) is 25.7 Å². The Morgan fingerprint density at radius 1 is 1.41 bits per heavy atom. The van der Waals surface area contributed by atoms with Crippen LogP contribution in [-0.4, -0.2) is 70.1 Å². The lowest BCUT2D eigenvalue weighted by molar-refractivity contribution is -0.00162. The van der Waals surface area contributed by atoms with E-state index < -0.39 is 11.8 Å². The molecule has 2 aromatic heterocycles. The number of aryl methyl sites for hydroxylation is 1. The van der Waals surface area contributed by atoms with Crippen LogP contribution in [0.5, 0.6) is 0 Å². The van der Waals surface area contributed by atoms with Crippen LogP contribution in [0, 0.1) is 6.92 Å². The minimum absolute atomic E-state index is 0.178. The monoisotopic (exact) mass is 404 g/mol. The van der Waals surface area contributed by atoms with Crippen LogP contribution in [0.1, 0.15) is 43.9 Å². The van der Waals surface area contributed by atoms with E-state index >= 15 is 0 Å². The number of fused-ring (bicyclic) bond motifs is 1. The van der Waals surface area contributed by atoms with Crippen LogP contribution in [0.2, 0.25) is 0 Å². The molecule has 2 fully saturated rings. The third kappa shape index (κ3) is 4.14. The van der Waals surface area contributed by atoms with Crippen LogP contribution in [0.4, 0.5) is 15.0 Å². The molecule has 2 N–H and O–H groups in total. The molecule has 2 aromatic rings. The van der Waals surface area contributed by atoms with E-state index in [4.69, 9.17) is 4.74 Å². The second-order valence-electron chi connectivity index (χ2n) is 8.49. The first-order valence-electron chi connectivity index (χ1n) is 10.3. The van der Waals surface area contributed by atoms with Crippen molar-refractivity contribution in [1.29, 1.82) is 0 Å². The number of nitrogens with one attached hydrogen (secondary N) is 2. The lowest BCUT2D eigenvalue weighted by atomic mass is 10.0. The maximum atomic E-state index is 14.0. The van der Waals surface area contributed by atoms with E-state index in [1.165, 1.54) is 0 Å². The minimum Gasteiger partial charge on any atom is -0.446 e. The molecule has 4 rings (SSSR count). The van der Waals surface area contributed by atoms with Crippen molar-refractivity contribution in [2.45, 2.75) is 51.2 Å². The number of aromatic nitrogens is 3. The van der Waals surface area contributed by atoms with E-state index in [2.05, 4.69) is 34.6 Å². The Bertz CT molecular complexity index is 886. The number of alkyl halides is 1. The number of halogens is 1. The number of ether oxygens (including phenoxy) is 1. The summed E-state index contributed by atoms with van der Waals surface area (Å²) in [7, 11) is 0. The van der Waals surface area contributed by atoms with Crippen LogP contribution in [0.3, 0.4) is 0 Å². The summed E-state index contributed by atoms with van der Waals surface area (Å²) in [5.74, 6) is 1.26. The van der Waals surface area contributed by atoms with Crippen molar-refractivity contribution in [3.8, 4) is 0 Å². The molecule has 158 valence electrons. The third-order valence-corrected chi connectivity index (χ3v) is 5.69. The number of rotatable bonds is 5. The average molecular weight is 404 g/mol. The highest BCUT2D eigenvalue weighted by Gasteiger charge is 2.39. The number of likely N-dealkylation sites (tertiary alicyclic amines) is 1. The number of carbonyl (C=O) groups is 1. The van der Waals surface area contributed by atoms with E-state index in [-0.39, 0.29) is 25.7 Å². The van der Waals surface area contributed by atoms with Crippen molar-refractivity contribution in [2.24, 2.45) is 0 Å². The van der Waals surface area contributed by atoms with Gasteiger partial charge in [-0.2, -0.15) is 9.61 Å². The van der Waals surface area contributed by atoms with E-state index in [9.17, 15) is 9.18 Å². The normalized spacial score (nSPS) is 19.4. The van der Waals surface area contributed by atoms with E-state index in [1.807, 2.05) is 23.7 Å². The maximum Gasteiger partial charge on any atom is 0.409 e. The first-order chi connectivity index (χ1) is 13.8. The summed E-state index contributed by atoms with van der Waals surface area (Å²) in [5.41, 5.74) is 1.54. The largest absolute Gasteiger partial charge is 0.446 e. The molecule has 0 spiro atoms. The highest BCUT2D eigenvalue weighted by molar-refractivity contribution is 5.68. The quantitative estimate of drug-likeness (QED) is 0.797. The highest BCUT2D eigenvalue weighted by atomic mass is 19.1. The Morgan fingerprint density at radius 3 is 2.76 bits per heavy atom. The van der Waals surface area contributed by atoms with Gasteiger partial charge in [0.15, 0.2) is 11.3 Å². The summed E-state index contributed by atoms with van der Waals surface area (Å²) >= 11 is 0. The lowest BCUT2D eigenvalue weighted by Gasteiger charge is -2.36. The topological polar surface area (TPSA) is 83.8 Å². The standard InChI is InChI=1S/C20H29FN6O2/c1-13(2)16-9-23-27-17(8-14(3)24-18(16)27)25-15-4-6-26(7-5-15)19(28)29-12-20(21)10-22-11-20/h8-9,13,15,22,25H,4-7,10-12H2,1-3H3. The van der Waals surface area contributed by atoms with Crippen LogP contribution >= 0.6 is 0 Å². The van der Waals surface area contributed by atoms with Gasteiger partial charge < -0.3 is 20.3 Å². The van der Waals surface area contributed by atoms with E-state index in [0.717, 1.165) is 35.6 Å². The Balaban J connectivity index is 1.35. The van der Waals surface area contributed by atoms with Crippen LogP contribution in [-0.2, 0) is 4.74 Å². The van der Waals surface area contributed by atoms with Crippen LogP contribution in [0.15, 0.2) is 12.3 Å². The fourth-order valence-corrected chi connectivity index (χ4v) is 3.81. The maximum absolute atomic E-state index is 14.0. The molecule has 4 heterocycles. The molecule has 0 radical (unpaired) electrons. The predicted molar refractivity (Wildman–Crippen MR) is 108 cm³/mol. The van der Waals surface area contributed by atoms with Gasteiger partial charge in [0.05, 0.1) is 6.20 Å². The van der Waals surface area contributed by atoms with E-state index in [1.54, 1.807) is 4.90 Å². The second kappa shape index (κ2) is 7.78. The van der Waals surface area contributed by atoms with Gasteiger partial charge >= 0.3 is 6.09 Å². The number of anilines is 1. The zero-order valence-electron chi connectivity index (χ0n) is 17.2. The molecule has 0 saturated carbocycles. The molecular weight excluding hydrogens is 375 g/mol. The fraction of sp³-hybridized carbons (Fsp3) is 0.650. The van der Waals surface area contributed by atoms with Crippen molar-refractivity contribution in [3.05, 3.63) is 23.5 Å². The lowest BCUT2D eigenvalue weighted by Crippen LogP contribution is -2.59. The molecule has 8 nitrogen and oxygen atoms in total. The van der Waals surface area contributed by atoms with Gasteiger partial charge in [-0.1, -0.05) is 13.8 Å².